The molecule has 0 spiro atoms. The summed E-state index contributed by atoms with van der Waals surface area (Å²) in [5, 5.41) is 31.8. The Balaban J connectivity index is 0.000000181. The van der Waals surface area contributed by atoms with E-state index in [0.29, 0.717) is 42.3 Å². The fourth-order valence-electron chi connectivity index (χ4n) is 4.71. The van der Waals surface area contributed by atoms with Gasteiger partial charge in [0.05, 0.1) is 32.2 Å². The lowest BCUT2D eigenvalue weighted by Crippen LogP contribution is -2.35. The molecule has 3 aliphatic heterocycles. The lowest BCUT2D eigenvalue weighted by Gasteiger charge is -2.21. The Morgan fingerprint density at radius 1 is 0.978 bits per heavy atom. The summed E-state index contributed by atoms with van der Waals surface area (Å²) in [7, 11) is -0.207. The van der Waals surface area contributed by atoms with E-state index < -0.39 is 20.2 Å². The number of fused-ring (bicyclic) bond motifs is 2. The van der Waals surface area contributed by atoms with Crippen LogP contribution in [0.4, 0.5) is 0 Å². The number of rotatable bonds is 6. The normalized spacial score (nSPS) is 15.6. The molecule has 238 valence electrons. The second-order valence-electron chi connectivity index (χ2n) is 10.2. The molecule has 5 N–H and O–H groups in total. The van der Waals surface area contributed by atoms with Gasteiger partial charge in [0.15, 0.2) is 0 Å². The van der Waals surface area contributed by atoms with Gasteiger partial charge < -0.3 is 44.4 Å². The molecule has 1 saturated heterocycles. The number of aliphatic carboxylic acids is 1. The molecule has 0 bridgehead atoms. The standard InChI is InChI=1S/C13H16BNO3.C9H10BNO3.C4H7NO3.C4H4O/c1-9-3-2-6-15(9)13(16)10-4-5-11-8-18-14(17)12(11)7-10;1-11-9(12)6-2-3-7-5-14-10(13)8(7)4-6;6-3-5-2-1-4(7)8;1-2-4-5-3-1/h4-5,7,9,17H,2-3,6,8H2,1H3;2-4,13H,5H2,1H3,(H,11,12);3H,1-2H2,(H,5,6)(H,7,8);1-4H. The highest BCUT2D eigenvalue weighted by Crippen LogP contribution is 2.20. The van der Waals surface area contributed by atoms with E-state index in [9.17, 15) is 29.2 Å². The van der Waals surface area contributed by atoms with Crippen molar-refractivity contribution in [2.75, 3.05) is 20.1 Å². The van der Waals surface area contributed by atoms with Crippen molar-refractivity contribution in [3.05, 3.63) is 83.3 Å². The van der Waals surface area contributed by atoms with E-state index in [0.717, 1.165) is 36.0 Å². The molecular formula is C30H37B2N3O10. The van der Waals surface area contributed by atoms with Crippen LogP contribution in [0.5, 0.6) is 0 Å². The zero-order chi connectivity index (χ0) is 32.8. The first-order valence-corrected chi connectivity index (χ1v) is 14.4. The van der Waals surface area contributed by atoms with Gasteiger partial charge in [0.1, 0.15) is 0 Å². The summed E-state index contributed by atoms with van der Waals surface area (Å²) in [4.78, 5) is 44.8. The molecule has 3 amide bonds. The van der Waals surface area contributed by atoms with Crippen LogP contribution in [0, 0.1) is 0 Å². The van der Waals surface area contributed by atoms with Crippen molar-refractivity contribution >= 4 is 49.4 Å². The van der Waals surface area contributed by atoms with Crippen LogP contribution in [-0.4, -0.2) is 84.7 Å². The van der Waals surface area contributed by atoms with Gasteiger partial charge in [-0.3, -0.25) is 19.2 Å². The van der Waals surface area contributed by atoms with Gasteiger partial charge in [-0.1, -0.05) is 12.1 Å². The smallest absolute Gasteiger partial charge is 0.481 e. The van der Waals surface area contributed by atoms with E-state index in [1.165, 1.54) is 0 Å². The number of carbonyl (C=O) groups excluding carboxylic acids is 3. The first-order valence-electron chi connectivity index (χ1n) is 14.4. The maximum atomic E-state index is 12.4. The van der Waals surface area contributed by atoms with Gasteiger partial charge in [0.2, 0.25) is 6.41 Å². The third-order valence-electron chi connectivity index (χ3n) is 7.16. The zero-order valence-corrected chi connectivity index (χ0v) is 25.2. The maximum absolute atomic E-state index is 12.4. The highest BCUT2D eigenvalue weighted by atomic mass is 16.5. The minimum atomic E-state index is -0.903. The molecule has 3 aromatic rings. The number of nitrogens with one attached hydrogen (secondary N) is 2. The average Bonchev–Trinajstić information content (AvgIpc) is 3.87. The quantitative estimate of drug-likeness (QED) is 0.145. The molecule has 0 radical (unpaired) electrons. The first-order chi connectivity index (χ1) is 21.7. The van der Waals surface area contributed by atoms with E-state index >= 15 is 0 Å². The molecular weight excluding hydrogens is 584 g/mol. The average molecular weight is 621 g/mol. The lowest BCUT2D eigenvalue weighted by atomic mass is 9.78. The molecule has 45 heavy (non-hydrogen) atoms. The summed E-state index contributed by atoms with van der Waals surface area (Å²) < 4.78 is 14.7. The van der Waals surface area contributed by atoms with Gasteiger partial charge in [-0.25, -0.2) is 0 Å². The van der Waals surface area contributed by atoms with Crippen LogP contribution in [0.3, 0.4) is 0 Å². The molecule has 0 aliphatic carbocycles. The molecule has 6 rings (SSSR count). The van der Waals surface area contributed by atoms with E-state index in [-0.39, 0.29) is 24.8 Å². The topological polar surface area (TPSA) is 188 Å². The largest absolute Gasteiger partial charge is 0.491 e. The van der Waals surface area contributed by atoms with Gasteiger partial charge in [-0.05, 0) is 78.2 Å². The number of benzene rings is 2. The van der Waals surface area contributed by atoms with Crippen molar-refractivity contribution in [2.24, 2.45) is 0 Å². The predicted octanol–water partition coefficient (Wildman–Crippen LogP) is 0.279. The summed E-state index contributed by atoms with van der Waals surface area (Å²) in [6, 6.07) is 14.6. The van der Waals surface area contributed by atoms with Gasteiger partial charge in [-0.2, -0.15) is 0 Å². The van der Waals surface area contributed by atoms with Gasteiger partial charge in [0.25, 0.3) is 11.8 Å². The van der Waals surface area contributed by atoms with Crippen molar-refractivity contribution in [3.8, 4) is 0 Å². The molecule has 2 aromatic carbocycles. The second-order valence-corrected chi connectivity index (χ2v) is 10.2. The zero-order valence-electron chi connectivity index (χ0n) is 25.2. The van der Waals surface area contributed by atoms with Crippen LogP contribution >= 0.6 is 0 Å². The molecule has 1 unspecified atom stereocenters. The number of furan rings is 1. The number of hydrogen-bond donors (Lipinski definition) is 5. The van der Waals surface area contributed by atoms with Crippen LogP contribution in [-0.2, 0) is 32.1 Å². The van der Waals surface area contributed by atoms with Crippen LogP contribution in [0.2, 0.25) is 0 Å². The predicted molar refractivity (Wildman–Crippen MR) is 166 cm³/mol. The van der Waals surface area contributed by atoms with Gasteiger partial charge in [0, 0.05) is 37.3 Å². The molecule has 3 aliphatic rings. The molecule has 13 nitrogen and oxygen atoms in total. The lowest BCUT2D eigenvalue weighted by molar-refractivity contribution is -0.136. The summed E-state index contributed by atoms with van der Waals surface area (Å²) in [6.07, 6.45) is 5.85. The molecule has 1 fully saturated rings. The Kier molecular flexibility index (Phi) is 13.8. The van der Waals surface area contributed by atoms with Crippen LogP contribution in [0.15, 0.2) is 65.5 Å². The van der Waals surface area contributed by atoms with E-state index in [1.807, 2.05) is 29.2 Å². The van der Waals surface area contributed by atoms with Gasteiger partial charge >= 0.3 is 20.2 Å². The number of carboxylic acids is 1. The number of carboxylic acid groups (broad SMARTS) is 1. The van der Waals surface area contributed by atoms with Crippen molar-refractivity contribution in [1.29, 1.82) is 0 Å². The van der Waals surface area contributed by atoms with Gasteiger partial charge in [-0.15, -0.1) is 0 Å². The molecule has 4 heterocycles. The molecule has 0 saturated carbocycles. The number of carbonyl (C=O) groups is 4. The Morgan fingerprint density at radius 3 is 2.02 bits per heavy atom. The number of likely N-dealkylation sites (tertiary alicyclic amines) is 1. The minimum Gasteiger partial charge on any atom is -0.481 e. The fraction of sp³-hybridized carbons (Fsp3) is 0.333. The second kappa shape index (κ2) is 17.8. The molecule has 15 heteroatoms. The highest BCUT2D eigenvalue weighted by Gasteiger charge is 2.31. The van der Waals surface area contributed by atoms with E-state index in [2.05, 4.69) is 22.0 Å². The third-order valence-corrected chi connectivity index (χ3v) is 7.16. The maximum Gasteiger partial charge on any atom is 0.491 e. The highest BCUT2D eigenvalue weighted by molar-refractivity contribution is 6.62. The fourth-order valence-corrected chi connectivity index (χ4v) is 4.71. The number of amides is 3. The molecule has 1 atom stereocenters. The van der Waals surface area contributed by atoms with Crippen LogP contribution < -0.4 is 21.6 Å². The van der Waals surface area contributed by atoms with E-state index in [4.69, 9.17) is 14.4 Å². The van der Waals surface area contributed by atoms with Crippen molar-refractivity contribution < 1.29 is 48.1 Å². The third kappa shape index (κ3) is 10.3. The summed E-state index contributed by atoms with van der Waals surface area (Å²) in [5.41, 5.74) is 4.50. The van der Waals surface area contributed by atoms with E-state index in [1.54, 1.807) is 43.8 Å². The van der Waals surface area contributed by atoms with Crippen molar-refractivity contribution in [2.45, 2.75) is 45.4 Å². The molecule has 1 aromatic heterocycles. The summed E-state index contributed by atoms with van der Waals surface area (Å²) in [5.74, 6) is -1.01. The SMILES string of the molecule is CC1CCCN1C(=O)c1ccc2c(c1)B(O)OC2.CNC(=O)c1ccc2c(c1)B(O)OC2.O=CNCCC(=O)O.c1ccoc1. The number of hydrogen-bond acceptors (Lipinski definition) is 9. The minimum absolute atomic E-state index is 0.0151. The summed E-state index contributed by atoms with van der Waals surface area (Å²) >= 11 is 0. The Hall–Kier alpha value is -4.43. The first kappa shape index (κ1) is 35.1. The van der Waals surface area contributed by atoms with Crippen molar-refractivity contribution in [1.82, 2.24) is 15.5 Å². The van der Waals surface area contributed by atoms with Crippen LogP contribution in [0.25, 0.3) is 0 Å². The van der Waals surface area contributed by atoms with Crippen molar-refractivity contribution in [3.63, 3.8) is 0 Å². The Labute approximate surface area is 261 Å². The monoisotopic (exact) mass is 621 g/mol. The Bertz CT molecular complexity index is 1410. The Morgan fingerprint density at radius 2 is 1.56 bits per heavy atom. The number of nitrogens with zero attached hydrogens (tertiary/aromatic N) is 1. The summed E-state index contributed by atoms with van der Waals surface area (Å²) in [6.45, 7) is 3.95. The van der Waals surface area contributed by atoms with Crippen LogP contribution in [0.1, 0.15) is 58.0 Å².